The van der Waals surface area contributed by atoms with Crippen LogP contribution in [-0.2, 0) is 20.9 Å². The lowest BCUT2D eigenvalue weighted by Gasteiger charge is -2.36. The maximum atomic E-state index is 12.7. The van der Waals surface area contributed by atoms with Crippen LogP contribution in [0.3, 0.4) is 0 Å². The summed E-state index contributed by atoms with van der Waals surface area (Å²) in [4.78, 5) is 35.4. The number of likely N-dealkylation sites (N-methyl/N-ethyl adjacent to an activating group) is 1. The SMILES string of the molecule is CN(CC(=O)N1CCCC(C(=O)N2CCOCC2)C1)Cc1ccccn1. The van der Waals surface area contributed by atoms with E-state index >= 15 is 0 Å². The number of morpholine rings is 1. The molecule has 1 aromatic rings. The number of piperidine rings is 1. The van der Waals surface area contributed by atoms with Crippen LogP contribution in [0.5, 0.6) is 0 Å². The van der Waals surface area contributed by atoms with Crippen molar-refractivity contribution >= 4 is 11.8 Å². The summed E-state index contributed by atoms with van der Waals surface area (Å²) in [6.07, 6.45) is 3.51. The first kappa shape index (κ1) is 18.8. The van der Waals surface area contributed by atoms with Crippen LogP contribution in [0.1, 0.15) is 18.5 Å². The Morgan fingerprint density at radius 3 is 2.77 bits per heavy atom. The van der Waals surface area contributed by atoms with E-state index in [-0.39, 0.29) is 17.7 Å². The van der Waals surface area contributed by atoms with Crippen molar-refractivity contribution in [1.82, 2.24) is 19.7 Å². The first-order valence-electron chi connectivity index (χ1n) is 9.36. The molecule has 1 unspecified atom stereocenters. The highest BCUT2D eigenvalue weighted by molar-refractivity contribution is 5.82. The van der Waals surface area contributed by atoms with Gasteiger partial charge in [0.25, 0.3) is 0 Å². The molecule has 0 radical (unpaired) electrons. The minimum atomic E-state index is -0.0769. The largest absolute Gasteiger partial charge is 0.378 e. The second-order valence-electron chi connectivity index (χ2n) is 7.11. The third-order valence-electron chi connectivity index (χ3n) is 5.01. The lowest BCUT2D eigenvalue weighted by Crippen LogP contribution is -2.50. The standard InChI is InChI=1S/C19H28N4O3/c1-21(14-17-6-2-3-7-20-17)15-18(24)23-8-4-5-16(13-23)19(25)22-9-11-26-12-10-22/h2-3,6-7,16H,4-5,8-15H2,1H3. The van der Waals surface area contributed by atoms with Gasteiger partial charge in [0.2, 0.25) is 11.8 Å². The Kier molecular flexibility index (Phi) is 6.57. The Bertz CT molecular complexity index is 604. The summed E-state index contributed by atoms with van der Waals surface area (Å²) in [7, 11) is 1.92. The number of ether oxygens (including phenoxy) is 1. The van der Waals surface area contributed by atoms with Crippen LogP contribution in [-0.4, -0.2) is 84.5 Å². The number of amides is 2. The number of pyridine rings is 1. The quantitative estimate of drug-likeness (QED) is 0.770. The number of carbonyl (C=O) groups excluding carboxylic acids is 2. The van der Waals surface area contributed by atoms with E-state index in [1.165, 1.54) is 0 Å². The second kappa shape index (κ2) is 9.09. The molecule has 0 bridgehead atoms. The van der Waals surface area contributed by atoms with Gasteiger partial charge in [0, 0.05) is 38.9 Å². The molecule has 2 aliphatic heterocycles. The van der Waals surface area contributed by atoms with Crippen LogP contribution in [0.2, 0.25) is 0 Å². The van der Waals surface area contributed by atoms with Gasteiger partial charge in [-0.15, -0.1) is 0 Å². The minimum Gasteiger partial charge on any atom is -0.378 e. The van der Waals surface area contributed by atoms with E-state index in [0.717, 1.165) is 25.1 Å². The lowest BCUT2D eigenvalue weighted by molar-refractivity contribution is -0.144. The van der Waals surface area contributed by atoms with Gasteiger partial charge in [-0.3, -0.25) is 19.5 Å². The molecule has 2 amide bonds. The van der Waals surface area contributed by atoms with Crippen LogP contribution in [0, 0.1) is 5.92 Å². The lowest BCUT2D eigenvalue weighted by atomic mass is 9.96. The molecular weight excluding hydrogens is 332 g/mol. The number of hydrogen-bond acceptors (Lipinski definition) is 5. The summed E-state index contributed by atoms with van der Waals surface area (Å²) in [5.74, 6) is 0.183. The molecule has 7 heteroatoms. The fraction of sp³-hybridized carbons (Fsp3) is 0.632. The van der Waals surface area contributed by atoms with Crippen molar-refractivity contribution in [2.24, 2.45) is 5.92 Å². The molecule has 0 spiro atoms. The van der Waals surface area contributed by atoms with Gasteiger partial charge in [0.15, 0.2) is 0 Å². The first-order chi connectivity index (χ1) is 12.6. The maximum Gasteiger partial charge on any atom is 0.236 e. The first-order valence-corrected chi connectivity index (χ1v) is 9.36. The fourth-order valence-electron chi connectivity index (χ4n) is 3.60. The summed E-state index contributed by atoms with van der Waals surface area (Å²) in [5.41, 5.74) is 0.946. The Morgan fingerprint density at radius 2 is 2.04 bits per heavy atom. The average molecular weight is 360 g/mol. The molecule has 7 nitrogen and oxygen atoms in total. The smallest absolute Gasteiger partial charge is 0.236 e. The van der Waals surface area contributed by atoms with Gasteiger partial charge in [-0.1, -0.05) is 6.07 Å². The number of nitrogens with zero attached hydrogens (tertiary/aromatic N) is 4. The number of hydrogen-bond donors (Lipinski definition) is 0. The molecule has 0 saturated carbocycles. The van der Waals surface area contributed by atoms with E-state index in [4.69, 9.17) is 4.74 Å². The fourth-order valence-corrected chi connectivity index (χ4v) is 3.60. The highest BCUT2D eigenvalue weighted by Crippen LogP contribution is 2.20. The number of rotatable bonds is 5. The molecule has 2 aliphatic rings. The Labute approximate surface area is 154 Å². The van der Waals surface area contributed by atoms with E-state index in [2.05, 4.69) is 4.98 Å². The molecule has 1 aromatic heterocycles. The molecule has 3 rings (SSSR count). The summed E-state index contributed by atoms with van der Waals surface area (Å²) in [6, 6.07) is 5.79. The number of carbonyl (C=O) groups is 2. The predicted molar refractivity (Wildman–Crippen MR) is 97.3 cm³/mol. The number of likely N-dealkylation sites (tertiary alicyclic amines) is 1. The third kappa shape index (κ3) is 5.02. The molecule has 142 valence electrons. The average Bonchev–Trinajstić information content (AvgIpc) is 2.69. The van der Waals surface area contributed by atoms with E-state index < -0.39 is 0 Å². The Hall–Kier alpha value is -1.99. The normalized spacial score (nSPS) is 21.1. The van der Waals surface area contributed by atoms with E-state index in [9.17, 15) is 9.59 Å². The molecule has 1 atom stereocenters. The zero-order valence-electron chi connectivity index (χ0n) is 15.5. The van der Waals surface area contributed by atoms with E-state index in [1.54, 1.807) is 6.20 Å². The van der Waals surface area contributed by atoms with Crippen molar-refractivity contribution in [3.05, 3.63) is 30.1 Å². The van der Waals surface area contributed by atoms with Crippen molar-refractivity contribution in [3.8, 4) is 0 Å². The van der Waals surface area contributed by atoms with Gasteiger partial charge >= 0.3 is 0 Å². The molecule has 0 N–H and O–H groups in total. The summed E-state index contributed by atoms with van der Waals surface area (Å²) < 4.78 is 5.32. The van der Waals surface area contributed by atoms with Crippen molar-refractivity contribution < 1.29 is 14.3 Å². The van der Waals surface area contributed by atoms with Crippen LogP contribution in [0.25, 0.3) is 0 Å². The van der Waals surface area contributed by atoms with Gasteiger partial charge in [0.05, 0.1) is 31.4 Å². The van der Waals surface area contributed by atoms with E-state index in [0.29, 0.717) is 45.9 Å². The van der Waals surface area contributed by atoms with Gasteiger partial charge in [-0.25, -0.2) is 0 Å². The monoisotopic (exact) mass is 360 g/mol. The molecule has 26 heavy (non-hydrogen) atoms. The predicted octanol–water partition coefficient (Wildman–Crippen LogP) is 0.611. The number of aromatic nitrogens is 1. The maximum absolute atomic E-state index is 12.7. The van der Waals surface area contributed by atoms with Gasteiger partial charge in [-0.2, -0.15) is 0 Å². The van der Waals surface area contributed by atoms with Gasteiger partial charge < -0.3 is 14.5 Å². The molecule has 0 aromatic carbocycles. The second-order valence-corrected chi connectivity index (χ2v) is 7.11. The van der Waals surface area contributed by atoms with Crippen molar-refractivity contribution in [2.45, 2.75) is 19.4 Å². The summed E-state index contributed by atoms with van der Waals surface area (Å²) in [5, 5.41) is 0. The van der Waals surface area contributed by atoms with Crippen molar-refractivity contribution in [3.63, 3.8) is 0 Å². The van der Waals surface area contributed by atoms with Crippen LogP contribution in [0.4, 0.5) is 0 Å². The molecule has 2 saturated heterocycles. The molecule has 3 heterocycles. The van der Waals surface area contributed by atoms with Crippen molar-refractivity contribution in [2.75, 3.05) is 53.0 Å². The highest BCUT2D eigenvalue weighted by Gasteiger charge is 2.32. The van der Waals surface area contributed by atoms with Gasteiger partial charge in [-0.05, 0) is 32.0 Å². The Morgan fingerprint density at radius 1 is 1.23 bits per heavy atom. The van der Waals surface area contributed by atoms with Gasteiger partial charge in [0.1, 0.15) is 0 Å². The molecule has 2 fully saturated rings. The summed E-state index contributed by atoms with van der Waals surface area (Å²) in [6.45, 7) is 4.80. The van der Waals surface area contributed by atoms with Crippen LogP contribution in [0.15, 0.2) is 24.4 Å². The molecular formula is C19H28N4O3. The third-order valence-corrected chi connectivity index (χ3v) is 5.01. The Balaban J connectivity index is 1.50. The minimum absolute atomic E-state index is 0.0769. The van der Waals surface area contributed by atoms with E-state index in [1.807, 2.05) is 39.9 Å². The highest BCUT2D eigenvalue weighted by atomic mass is 16.5. The summed E-state index contributed by atoms with van der Waals surface area (Å²) >= 11 is 0. The zero-order valence-corrected chi connectivity index (χ0v) is 15.5. The van der Waals surface area contributed by atoms with Crippen LogP contribution < -0.4 is 0 Å². The zero-order chi connectivity index (χ0) is 18.4. The topological polar surface area (TPSA) is 66.0 Å². The van der Waals surface area contributed by atoms with Crippen LogP contribution >= 0.6 is 0 Å². The molecule has 0 aliphatic carbocycles. The van der Waals surface area contributed by atoms with Crippen molar-refractivity contribution in [1.29, 1.82) is 0 Å².